The summed E-state index contributed by atoms with van der Waals surface area (Å²) in [4.78, 5) is 38.3. The van der Waals surface area contributed by atoms with Crippen LogP contribution >= 0.6 is 0 Å². The van der Waals surface area contributed by atoms with Crippen molar-refractivity contribution in [2.75, 3.05) is 7.11 Å². The van der Waals surface area contributed by atoms with Crippen molar-refractivity contribution >= 4 is 23.7 Å². The number of esters is 1. The van der Waals surface area contributed by atoms with Crippen LogP contribution in [0.3, 0.4) is 0 Å². The second kappa shape index (κ2) is 8.26. The molecule has 1 amide bonds. The molecular weight excluding hydrogens is 372 g/mol. The van der Waals surface area contributed by atoms with Crippen LogP contribution in [0, 0.1) is 5.41 Å². The summed E-state index contributed by atoms with van der Waals surface area (Å²) in [5.74, 6) is -2.26. The zero-order valence-corrected chi connectivity index (χ0v) is 16.5. The summed E-state index contributed by atoms with van der Waals surface area (Å²) in [6, 6.07) is 13.6. The number of methoxy groups -OCH3 is 1. The third-order valence-corrected chi connectivity index (χ3v) is 4.99. The SMILES string of the molecule is CCC(=O)OC(=N)C(=O)[C@@H](C)N(C(=O)OC)C1c2ccccc2-c2ccccc21. The quantitative estimate of drug-likeness (QED) is 0.474. The molecule has 0 aliphatic heterocycles. The Bertz CT molecular complexity index is 939. The Morgan fingerprint density at radius 1 is 1.03 bits per heavy atom. The summed E-state index contributed by atoms with van der Waals surface area (Å²) in [6.07, 6.45) is -0.675. The van der Waals surface area contributed by atoms with Gasteiger partial charge in [-0.25, -0.2) is 4.79 Å². The monoisotopic (exact) mass is 394 g/mol. The lowest BCUT2D eigenvalue weighted by Gasteiger charge is -2.33. The number of nitrogens with zero attached hydrogens (tertiary/aromatic N) is 1. The minimum absolute atomic E-state index is 0.0358. The number of nitrogens with one attached hydrogen (secondary N) is 1. The molecule has 0 fully saturated rings. The van der Waals surface area contributed by atoms with Crippen molar-refractivity contribution in [1.29, 1.82) is 5.41 Å². The van der Waals surface area contributed by atoms with Crippen molar-refractivity contribution in [3.8, 4) is 11.1 Å². The van der Waals surface area contributed by atoms with Crippen molar-refractivity contribution in [3.63, 3.8) is 0 Å². The zero-order valence-electron chi connectivity index (χ0n) is 16.5. The van der Waals surface area contributed by atoms with Gasteiger partial charge in [0.25, 0.3) is 5.90 Å². The molecule has 0 unspecified atom stereocenters. The van der Waals surface area contributed by atoms with Gasteiger partial charge in [-0.3, -0.25) is 19.9 Å². The first-order valence-corrected chi connectivity index (χ1v) is 9.28. The van der Waals surface area contributed by atoms with Crippen LogP contribution in [0.25, 0.3) is 11.1 Å². The highest BCUT2D eigenvalue weighted by Gasteiger charge is 2.41. The van der Waals surface area contributed by atoms with E-state index in [-0.39, 0.29) is 6.42 Å². The Hall–Kier alpha value is -3.48. The normalized spacial score (nSPS) is 13.1. The van der Waals surface area contributed by atoms with Gasteiger partial charge < -0.3 is 9.47 Å². The smallest absolute Gasteiger partial charge is 0.410 e. The van der Waals surface area contributed by atoms with Gasteiger partial charge in [-0.2, -0.15) is 0 Å². The average Bonchev–Trinajstić information content (AvgIpc) is 3.07. The van der Waals surface area contributed by atoms with Gasteiger partial charge in [0.15, 0.2) is 0 Å². The van der Waals surface area contributed by atoms with E-state index in [0.717, 1.165) is 22.3 Å². The number of ketones is 1. The minimum Gasteiger partial charge on any atom is -0.453 e. The second-order valence-corrected chi connectivity index (χ2v) is 6.65. The highest BCUT2D eigenvalue weighted by atomic mass is 16.5. The Morgan fingerprint density at radius 2 is 1.55 bits per heavy atom. The van der Waals surface area contributed by atoms with E-state index in [4.69, 9.17) is 14.9 Å². The fraction of sp³-hybridized carbons (Fsp3) is 0.273. The molecule has 0 radical (unpaired) electrons. The van der Waals surface area contributed by atoms with Gasteiger partial charge in [0.2, 0.25) is 5.78 Å². The molecule has 2 aromatic rings. The third-order valence-electron chi connectivity index (χ3n) is 4.99. The molecule has 2 aromatic carbocycles. The van der Waals surface area contributed by atoms with Crippen LogP contribution in [0.2, 0.25) is 0 Å². The lowest BCUT2D eigenvalue weighted by Crippen LogP contribution is -2.48. The maximum atomic E-state index is 12.8. The first kappa shape index (κ1) is 20.3. The van der Waals surface area contributed by atoms with E-state index in [2.05, 4.69) is 0 Å². The molecule has 7 heteroatoms. The van der Waals surface area contributed by atoms with E-state index in [1.165, 1.54) is 18.9 Å². The summed E-state index contributed by atoms with van der Waals surface area (Å²) in [7, 11) is 1.24. The summed E-state index contributed by atoms with van der Waals surface area (Å²) < 4.78 is 9.73. The van der Waals surface area contributed by atoms with Crippen LogP contribution in [-0.2, 0) is 19.1 Å². The Kier molecular flexibility index (Phi) is 5.77. The predicted octanol–water partition coefficient (Wildman–Crippen LogP) is 3.71. The molecular formula is C22H22N2O5. The number of ether oxygens (including phenoxy) is 2. The molecule has 0 spiro atoms. The van der Waals surface area contributed by atoms with Crippen LogP contribution in [-0.4, -0.2) is 41.8 Å². The highest BCUT2D eigenvalue weighted by Crippen LogP contribution is 2.47. The van der Waals surface area contributed by atoms with Crippen LogP contribution < -0.4 is 0 Å². The lowest BCUT2D eigenvalue weighted by atomic mass is 10.0. The molecule has 0 heterocycles. The second-order valence-electron chi connectivity index (χ2n) is 6.65. The third kappa shape index (κ3) is 3.63. The first-order valence-electron chi connectivity index (χ1n) is 9.28. The zero-order chi connectivity index (χ0) is 21.1. The van der Waals surface area contributed by atoms with E-state index < -0.39 is 35.8 Å². The van der Waals surface area contributed by atoms with Gasteiger partial charge >= 0.3 is 12.1 Å². The van der Waals surface area contributed by atoms with Gasteiger partial charge in [0, 0.05) is 6.42 Å². The molecule has 0 aromatic heterocycles. The van der Waals surface area contributed by atoms with Crippen LogP contribution in [0.1, 0.15) is 37.4 Å². The van der Waals surface area contributed by atoms with E-state index in [9.17, 15) is 14.4 Å². The first-order chi connectivity index (χ1) is 13.9. The van der Waals surface area contributed by atoms with E-state index >= 15 is 0 Å². The summed E-state index contributed by atoms with van der Waals surface area (Å²) in [5.41, 5.74) is 3.65. The van der Waals surface area contributed by atoms with Crippen LogP contribution in [0.4, 0.5) is 4.79 Å². The number of benzene rings is 2. The number of Topliss-reactive ketones (excluding diaryl/α,β-unsaturated/α-hetero) is 1. The molecule has 0 saturated carbocycles. The molecule has 1 N–H and O–H groups in total. The Morgan fingerprint density at radius 3 is 2.03 bits per heavy atom. The number of fused-ring (bicyclic) bond motifs is 3. The topological polar surface area (TPSA) is 96.8 Å². The molecule has 29 heavy (non-hydrogen) atoms. The fourth-order valence-corrected chi connectivity index (χ4v) is 3.57. The largest absolute Gasteiger partial charge is 0.453 e. The standard InChI is InChI=1S/C22H22N2O5/c1-4-18(25)29-21(23)20(26)13(2)24(22(27)28-3)19-16-11-7-5-9-14(16)15-10-6-8-12-17(15)19/h5-13,19,23H,4H2,1-3H3/t13-/m1/s1. The number of rotatable bonds is 5. The molecule has 0 saturated heterocycles. The van der Waals surface area contributed by atoms with Gasteiger partial charge in [-0.05, 0) is 29.2 Å². The van der Waals surface area contributed by atoms with Gasteiger partial charge in [0.1, 0.15) is 6.04 Å². The average molecular weight is 394 g/mol. The molecule has 3 rings (SSSR count). The molecule has 1 aliphatic rings. The lowest BCUT2D eigenvalue weighted by molar-refractivity contribution is -0.137. The van der Waals surface area contributed by atoms with Crippen molar-refractivity contribution in [3.05, 3.63) is 59.7 Å². The van der Waals surface area contributed by atoms with E-state index in [1.807, 2.05) is 48.5 Å². The van der Waals surface area contributed by atoms with Gasteiger partial charge in [-0.15, -0.1) is 0 Å². The summed E-state index contributed by atoms with van der Waals surface area (Å²) >= 11 is 0. The number of carbonyl (C=O) groups is 3. The highest BCUT2D eigenvalue weighted by molar-refractivity contribution is 6.38. The molecule has 7 nitrogen and oxygen atoms in total. The van der Waals surface area contributed by atoms with Gasteiger partial charge in [-0.1, -0.05) is 55.5 Å². The summed E-state index contributed by atoms with van der Waals surface area (Å²) in [5, 5.41) is 7.84. The van der Waals surface area contributed by atoms with Crippen LogP contribution in [0.15, 0.2) is 48.5 Å². The Balaban J connectivity index is 2.04. The van der Waals surface area contributed by atoms with Crippen molar-refractivity contribution in [1.82, 2.24) is 4.90 Å². The molecule has 0 bridgehead atoms. The maximum Gasteiger partial charge on any atom is 0.410 e. The Labute approximate surface area is 168 Å². The number of hydrogen-bond acceptors (Lipinski definition) is 6. The van der Waals surface area contributed by atoms with Crippen molar-refractivity contribution < 1.29 is 23.9 Å². The summed E-state index contributed by atoms with van der Waals surface area (Å²) in [6.45, 7) is 3.06. The predicted molar refractivity (Wildman–Crippen MR) is 107 cm³/mol. The number of amides is 1. The number of carbonyl (C=O) groups excluding carboxylic acids is 3. The molecule has 1 aliphatic carbocycles. The van der Waals surface area contributed by atoms with E-state index in [1.54, 1.807) is 6.92 Å². The fourth-order valence-electron chi connectivity index (χ4n) is 3.57. The molecule has 1 atom stereocenters. The van der Waals surface area contributed by atoms with Crippen molar-refractivity contribution in [2.24, 2.45) is 0 Å². The molecule has 150 valence electrons. The maximum absolute atomic E-state index is 12.8. The van der Waals surface area contributed by atoms with Crippen LogP contribution in [0.5, 0.6) is 0 Å². The van der Waals surface area contributed by atoms with Gasteiger partial charge in [0.05, 0.1) is 13.2 Å². The van der Waals surface area contributed by atoms with E-state index in [0.29, 0.717) is 0 Å². The number of hydrogen-bond donors (Lipinski definition) is 1. The minimum atomic E-state index is -1.08. The van der Waals surface area contributed by atoms with Crippen molar-refractivity contribution in [2.45, 2.75) is 32.4 Å².